The summed E-state index contributed by atoms with van der Waals surface area (Å²) in [6, 6.07) is 30.1. The standard InChI is InChI=1S/C47H56N2O2/c1-44(2,3)35-22-33(23-36(26-35)45(4,5)6)29-14-18-31(19-15-29)41-39(28-50)40(43(51)49-41)42(48-13)32-20-16-30(17-21-32)34-24-37(46(7,8)9)27-38(25-34)47(10,11)12/h14-28,48H,1-13H3,(H,49,51)/b42-40+. The zero-order valence-corrected chi connectivity index (χ0v) is 33.0. The van der Waals surface area contributed by atoms with Crippen LogP contribution in [-0.2, 0) is 31.2 Å². The molecule has 0 radical (unpaired) electrons. The van der Waals surface area contributed by atoms with Crippen molar-refractivity contribution in [3.05, 3.63) is 129 Å². The van der Waals surface area contributed by atoms with Crippen LogP contribution in [0.15, 0.2) is 96.1 Å². The summed E-state index contributed by atoms with van der Waals surface area (Å²) in [5, 5.41) is 6.25. The molecule has 4 nitrogen and oxygen atoms in total. The van der Waals surface area contributed by atoms with Gasteiger partial charge >= 0.3 is 0 Å². The first kappa shape index (κ1) is 37.6. The third kappa shape index (κ3) is 7.96. The fourth-order valence-electron chi connectivity index (χ4n) is 6.48. The molecule has 0 aromatic heterocycles. The molecule has 0 saturated carbocycles. The van der Waals surface area contributed by atoms with Crippen molar-refractivity contribution >= 4 is 23.6 Å². The lowest BCUT2D eigenvalue weighted by molar-refractivity contribution is -0.116. The zero-order chi connectivity index (χ0) is 37.7. The molecule has 51 heavy (non-hydrogen) atoms. The molecule has 0 saturated heterocycles. The van der Waals surface area contributed by atoms with Crippen LogP contribution in [-0.4, -0.2) is 19.2 Å². The summed E-state index contributed by atoms with van der Waals surface area (Å²) in [4.78, 5) is 26.3. The maximum absolute atomic E-state index is 13.6. The van der Waals surface area contributed by atoms with Crippen molar-refractivity contribution in [3.8, 4) is 22.3 Å². The van der Waals surface area contributed by atoms with Gasteiger partial charge in [0.25, 0.3) is 5.91 Å². The summed E-state index contributed by atoms with van der Waals surface area (Å²) in [6.45, 7) is 26.9. The Morgan fingerprint density at radius 3 is 1.22 bits per heavy atom. The molecule has 0 aliphatic carbocycles. The van der Waals surface area contributed by atoms with E-state index < -0.39 is 0 Å². The van der Waals surface area contributed by atoms with E-state index in [1.807, 2.05) is 24.3 Å². The summed E-state index contributed by atoms with van der Waals surface area (Å²) in [5.74, 6) is -0.301. The van der Waals surface area contributed by atoms with Crippen LogP contribution in [0.1, 0.15) is 116 Å². The summed E-state index contributed by atoms with van der Waals surface area (Å²) in [6.07, 6.45) is 0.788. The molecule has 4 aromatic rings. The molecule has 1 aliphatic heterocycles. The van der Waals surface area contributed by atoms with Gasteiger partial charge in [0.15, 0.2) is 6.29 Å². The molecule has 5 rings (SSSR count). The summed E-state index contributed by atoms with van der Waals surface area (Å²) in [7, 11) is 1.79. The third-order valence-corrected chi connectivity index (χ3v) is 9.97. The van der Waals surface area contributed by atoms with Gasteiger partial charge in [-0.1, -0.05) is 168 Å². The van der Waals surface area contributed by atoms with Crippen LogP contribution in [0.2, 0.25) is 0 Å². The maximum atomic E-state index is 13.6. The molecule has 4 heteroatoms. The van der Waals surface area contributed by atoms with Crippen LogP contribution < -0.4 is 10.6 Å². The number of carbonyl (C=O) groups excluding carboxylic acids is 2. The van der Waals surface area contributed by atoms with Gasteiger partial charge in [-0.15, -0.1) is 0 Å². The van der Waals surface area contributed by atoms with Gasteiger partial charge in [-0.25, -0.2) is 0 Å². The summed E-state index contributed by atoms with van der Waals surface area (Å²) in [5.41, 5.74) is 13.2. The highest BCUT2D eigenvalue weighted by Gasteiger charge is 2.31. The number of carbonyl (C=O) groups is 2. The van der Waals surface area contributed by atoms with Crippen molar-refractivity contribution in [3.63, 3.8) is 0 Å². The summed E-state index contributed by atoms with van der Waals surface area (Å²) >= 11 is 0. The van der Waals surface area contributed by atoms with Crippen LogP contribution in [0.4, 0.5) is 0 Å². The van der Waals surface area contributed by atoms with Gasteiger partial charge in [0.05, 0.1) is 22.5 Å². The van der Waals surface area contributed by atoms with Gasteiger partial charge in [-0.05, 0) is 77.3 Å². The molecule has 0 atom stereocenters. The molecule has 0 spiro atoms. The van der Waals surface area contributed by atoms with Crippen LogP contribution in [0.3, 0.4) is 0 Å². The van der Waals surface area contributed by atoms with Crippen molar-refractivity contribution in [2.75, 3.05) is 7.05 Å². The highest BCUT2D eigenvalue weighted by Crippen LogP contribution is 2.38. The van der Waals surface area contributed by atoms with Gasteiger partial charge in [0.2, 0.25) is 0 Å². The van der Waals surface area contributed by atoms with Gasteiger partial charge < -0.3 is 10.6 Å². The first-order valence-corrected chi connectivity index (χ1v) is 18.1. The molecule has 1 amide bonds. The van der Waals surface area contributed by atoms with Gasteiger partial charge in [-0.3, -0.25) is 9.59 Å². The van der Waals surface area contributed by atoms with Crippen molar-refractivity contribution < 1.29 is 9.59 Å². The normalized spacial score (nSPS) is 15.2. The Morgan fingerprint density at radius 2 is 0.882 bits per heavy atom. The third-order valence-electron chi connectivity index (χ3n) is 9.97. The van der Waals surface area contributed by atoms with E-state index in [0.29, 0.717) is 22.5 Å². The highest BCUT2D eigenvalue weighted by molar-refractivity contribution is 6.21. The largest absolute Gasteiger partial charge is 0.387 e. The van der Waals surface area contributed by atoms with E-state index in [4.69, 9.17) is 0 Å². The minimum absolute atomic E-state index is 0.00888. The number of aldehydes is 1. The molecule has 0 bridgehead atoms. The van der Waals surface area contributed by atoms with Crippen LogP contribution in [0, 0.1) is 0 Å². The lowest BCUT2D eigenvalue weighted by Crippen LogP contribution is -2.19. The molecule has 4 aromatic carbocycles. The van der Waals surface area contributed by atoms with E-state index in [0.717, 1.165) is 39.7 Å². The number of amides is 1. The highest BCUT2D eigenvalue weighted by atomic mass is 16.2. The molecule has 266 valence electrons. The predicted molar refractivity (Wildman–Crippen MR) is 216 cm³/mol. The Balaban J connectivity index is 1.53. The molecular formula is C47H56N2O2. The van der Waals surface area contributed by atoms with Crippen molar-refractivity contribution in [2.24, 2.45) is 0 Å². The van der Waals surface area contributed by atoms with Gasteiger partial charge in [0.1, 0.15) is 0 Å². The maximum Gasteiger partial charge on any atom is 0.258 e. The van der Waals surface area contributed by atoms with E-state index in [1.165, 1.54) is 22.3 Å². The second-order valence-corrected chi connectivity index (χ2v) is 18.1. The molecule has 1 heterocycles. The fourth-order valence-corrected chi connectivity index (χ4v) is 6.48. The van der Waals surface area contributed by atoms with Crippen LogP contribution in [0.5, 0.6) is 0 Å². The first-order chi connectivity index (χ1) is 23.6. The average molecular weight is 681 g/mol. The van der Waals surface area contributed by atoms with E-state index in [-0.39, 0.29) is 27.6 Å². The van der Waals surface area contributed by atoms with Gasteiger partial charge in [0, 0.05) is 7.05 Å². The SMILES string of the molecule is CN/C(=C1/C(=O)NC(c2ccc(-c3cc(C(C)(C)C)cc(C(C)(C)C)c3)cc2)=C1C=O)c1ccc(-c2cc(C(C)(C)C)cc(C(C)(C)C)c2)cc1. The van der Waals surface area contributed by atoms with Crippen molar-refractivity contribution in [1.82, 2.24) is 10.6 Å². The fraction of sp³-hybridized carbons (Fsp3) is 0.362. The Labute approximate surface area is 306 Å². The Bertz CT molecular complexity index is 1970. The number of hydrogen-bond donors (Lipinski definition) is 2. The second-order valence-electron chi connectivity index (χ2n) is 18.1. The molecule has 0 fully saturated rings. The van der Waals surface area contributed by atoms with Crippen molar-refractivity contribution in [1.29, 1.82) is 0 Å². The average Bonchev–Trinajstić information content (AvgIpc) is 3.39. The lowest BCUT2D eigenvalue weighted by Gasteiger charge is -2.26. The number of rotatable bonds is 6. The zero-order valence-electron chi connectivity index (χ0n) is 33.0. The Morgan fingerprint density at radius 1 is 0.529 bits per heavy atom. The van der Waals surface area contributed by atoms with Crippen molar-refractivity contribution in [2.45, 2.75) is 105 Å². The lowest BCUT2D eigenvalue weighted by atomic mass is 9.79. The summed E-state index contributed by atoms with van der Waals surface area (Å²) < 4.78 is 0. The smallest absolute Gasteiger partial charge is 0.258 e. The van der Waals surface area contributed by atoms with E-state index in [2.05, 4.69) is 154 Å². The topological polar surface area (TPSA) is 58.2 Å². The first-order valence-electron chi connectivity index (χ1n) is 18.1. The van der Waals surface area contributed by atoms with Crippen LogP contribution >= 0.6 is 0 Å². The number of nitrogens with one attached hydrogen (secondary N) is 2. The molecule has 1 aliphatic rings. The minimum Gasteiger partial charge on any atom is -0.387 e. The number of hydrogen-bond acceptors (Lipinski definition) is 3. The Hall–Kier alpha value is -4.70. The minimum atomic E-state index is -0.301. The molecule has 2 N–H and O–H groups in total. The van der Waals surface area contributed by atoms with Gasteiger partial charge in [-0.2, -0.15) is 0 Å². The molecule has 0 unspecified atom stereocenters. The van der Waals surface area contributed by atoms with E-state index in [1.54, 1.807) is 7.05 Å². The van der Waals surface area contributed by atoms with Crippen LogP contribution in [0.25, 0.3) is 33.6 Å². The second kappa shape index (κ2) is 13.5. The monoisotopic (exact) mass is 680 g/mol. The van der Waals surface area contributed by atoms with E-state index >= 15 is 0 Å². The Kier molecular flexibility index (Phi) is 9.90. The predicted octanol–water partition coefficient (Wildman–Crippen LogP) is 10.9. The molecular weight excluding hydrogens is 625 g/mol. The number of benzene rings is 4. The van der Waals surface area contributed by atoms with E-state index in [9.17, 15) is 9.59 Å². The quantitative estimate of drug-likeness (QED) is 0.157.